The molecule has 0 saturated carbocycles. The lowest BCUT2D eigenvalue weighted by Gasteiger charge is -2.19. The van der Waals surface area contributed by atoms with Gasteiger partial charge in [-0.25, -0.2) is 4.39 Å². The van der Waals surface area contributed by atoms with Crippen molar-refractivity contribution in [2.24, 2.45) is 0 Å². The number of nitrogens with one attached hydrogen (secondary N) is 1. The van der Waals surface area contributed by atoms with E-state index in [2.05, 4.69) is 21.2 Å². The molecule has 1 aromatic carbocycles. The van der Waals surface area contributed by atoms with E-state index < -0.39 is 11.9 Å². The van der Waals surface area contributed by atoms with Crippen LogP contribution in [0.3, 0.4) is 0 Å². The van der Waals surface area contributed by atoms with E-state index in [1.54, 1.807) is 7.05 Å². The summed E-state index contributed by atoms with van der Waals surface area (Å²) in [6.45, 7) is 0.279. The van der Waals surface area contributed by atoms with Gasteiger partial charge in [0.2, 0.25) is 0 Å². The van der Waals surface area contributed by atoms with Crippen molar-refractivity contribution in [3.63, 3.8) is 0 Å². The molecule has 0 heterocycles. The first-order valence-electron chi connectivity index (χ1n) is 4.99. The van der Waals surface area contributed by atoms with Crippen LogP contribution in [-0.4, -0.2) is 32.9 Å². The molecule has 6 heteroatoms. The summed E-state index contributed by atoms with van der Waals surface area (Å²) in [6, 6.07) is 1.21. The van der Waals surface area contributed by atoms with Gasteiger partial charge in [-0.05, 0) is 23.0 Å². The van der Waals surface area contributed by atoms with Gasteiger partial charge >= 0.3 is 0 Å². The molecule has 0 aliphatic heterocycles. The Kier molecular flexibility index (Phi) is 5.17. The number of likely N-dealkylation sites (N-methyl/N-ethyl adjacent to an activating group) is 1. The molecule has 0 aliphatic rings. The lowest BCUT2D eigenvalue weighted by atomic mass is 10.1. The molecular weight excluding hydrogens is 293 g/mol. The molecule has 1 aromatic rings. The van der Waals surface area contributed by atoms with E-state index in [0.717, 1.165) is 0 Å². The average Bonchev–Trinajstić information content (AvgIpc) is 2.31. The van der Waals surface area contributed by atoms with Gasteiger partial charge in [-0.15, -0.1) is 0 Å². The van der Waals surface area contributed by atoms with E-state index in [1.807, 2.05) is 0 Å². The van der Waals surface area contributed by atoms with E-state index in [9.17, 15) is 9.50 Å². The zero-order valence-electron chi connectivity index (χ0n) is 9.88. The Hall–Kier alpha value is -0.850. The summed E-state index contributed by atoms with van der Waals surface area (Å²) in [5.74, 6) is 0.0645. The fraction of sp³-hybridized carbons (Fsp3) is 0.455. The van der Waals surface area contributed by atoms with E-state index >= 15 is 0 Å². The second kappa shape index (κ2) is 6.18. The van der Waals surface area contributed by atoms with Gasteiger partial charge in [0.25, 0.3) is 0 Å². The summed E-state index contributed by atoms with van der Waals surface area (Å²) < 4.78 is 24.0. The molecule has 1 unspecified atom stereocenters. The molecular formula is C11H15BrFNO3. The standard InChI is InChI=1S/C11H15BrFNO3/c1-14-5-7(15)9-10(12)6(13)4-8(16-2)11(9)17-3/h4,7,14-15H,5H2,1-3H3. The molecule has 0 amide bonds. The monoisotopic (exact) mass is 307 g/mol. The van der Waals surface area contributed by atoms with Gasteiger partial charge in [-0.2, -0.15) is 0 Å². The molecule has 0 radical (unpaired) electrons. The van der Waals surface area contributed by atoms with Crippen molar-refractivity contribution in [3.8, 4) is 11.5 Å². The highest BCUT2D eigenvalue weighted by Crippen LogP contribution is 2.41. The van der Waals surface area contributed by atoms with Crippen molar-refractivity contribution >= 4 is 15.9 Å². The van der Waals surface area contributed by atoms with Crippen LogP contribution in [0, 0.1) is 5.82 Å². The van der Waals surface area contributed by atoms with Crippen LogP contribution in [0.2, 0.25) is 0 Å². The molecule has 1 atom stereocenters. The minimum Gasteiger partial charge on any atom is -0.493 e. The second-order valence-electron chi connectivity index (χ2n) is 3.40. The molecule has 4 nitrogen and oxygen atoms in total. The van der Waals surface area contributed by atoms with Crippen molar-refractivity contribution in [1.82, 2.24) is 5.32 Å². The van der Waals surface area contributed by atoms with Crippen LogP contribution in [0.1, 0.15) is 11.7 Å². The molecule has 0 fully saturated rings. The first-order valence-corrected chi connectivity index (χ1v) is 5.78. The quantitative estimate of drug-likeness (QED) is 0.872. The minimum atomic E-state index is -0.895. The van der Waals surface area contributed by atoms with Crippen molar-refractivity contribution in [2.75, 3.05) is 27.8 Å². The second-order valence-corrected chi connectivity index (χ2v) is 4.19. The van der Waals surface area contributed by atoms with Crippen LogP contribution in [0.25, 0.3) is 0 Å². The Balaban J connectivity index is 3.37. The van der Waals surface area contributed by atoms with Crippen molar-refractivity contribution < 1.29 is 19.0 Å². The summed E-state index contributed by atoms with van der Waals surface area (Å²) in [4.78, 5) is 0. The molecule has 0 saturated heterocycles. The van der Waals surface area contributed by atoms with E-state index in [-0.39, 0.29) is 16.8 Å². The number of aliphatic hydroxyl groups excluding tert-OH is 1. The highest BCUT2D eigenvalue weighted by Gasteiger charge is 2.23. The van der Waals surface area contributed by atoms with E-state index in [0.29, 0.717) is 11.3 Å². The summed E-state index contributed by atoms with van der Waals surface area (Å²) in [5, 5.41) is 12.8. The minimum absolute atomic E-state index is 0.179. The van der Waals surface area contributed by atoms with E-state index in [1.165, 1.54) is 20.3 Å². The van der Waals surface area contributed by atoms with Crippen molar-refractivity contribution in [2.45, 2.75) is 6.10 Å². The number of rotatable bonds is 5. The number of halogens is 2. The number of benzene rings is 1. The van der Waals surface area contributed by atoms with Crippen molar-refractivity contribution in [1.29, 1.82) is 0 Å². The highest BCUT2D eigenvalue weighted by molar-refractivity contribution is 9.10. The van der Waals surface area contributed by atoms with Crippen molar-refractivity contribution in [3.05, 3.63) is 21.9 Å². The van der Waals surface area contributed by atoms with Crippen LogP contribution in [0.5, 0.6) is 11.5 Å². The molecule has 0 aromatic heterocycles. The van der Waals surface area contributed by atoms with Crippen LogP contribution < -0.4 is 14.8 Å². The normalized spacial score (nSPS) is 12.4. The lowest BCUT2D eigenvalue weighted by molar-refractivity contribution is 0.171. The zero-order valence-corrected chi connectivity index (χ0v) is 11.5. The van der Waals surface area contributed by atoms with Crippen LogP contribution in [0.15, 0.2) is 10.5 Å². The largest absolute Gasteiger partial charge is 0.493 e. The van der Waals surface area contributed by atoms with Crippen LogP contribution in [0.4, 0.5) is 4.39 Å². The van der Waals surface area contributed by atoms with Gasteiger partial charge in [-0.1, -0.05) is 0 Å². The maximum Gasteiger partial charge on any atom is 0.167 e. The smallest absolute Gasteiger partial charge is 0.167 e. The molecule has 1 rings (SSSR count). The van der Waals surface area contributed by atoms with Gasteiger partial charge in [0.15, 0.2) is 11.5 Å². The van der Waals surface area contributed by atoms with Crippen LogP contribution in [-0.2, 0) is 0 Å². The Morgan fingerprint density at radius 3 is 2.59 bits per heavy atom. The third-order valence-corrected chi connectivity index (χ3v) is 3.13. The fourth-order valence-electron chi connectivity index (χ4n) is 1.56. The molecule has 2 N–H and O–H groups in total. The maximum absolute atomic E-state index is 13.6. The van der Waals surface area contributed by atoms with Gasteiger partial charge in [0.1, 0.15) is 5.82 Å². The first-order chi connectivity index (χ1) is 8.06. The molecule has 17 heavy (non-hydrogen) atoms. The van der Waals surface area contributed by atoms with Gasteiger partial charge in [0.05, 0.1) is 24.8 Å². The van der Waals surface area contributed by atoms with Gasteiger partial charge < -0.3 is 19.9 Å². The summed E-state index contributed by atoms with van der Waals surface area (Å²) >= 11 is 3.11. The van der Waals surface area contributed by atoms with E-state index in [4.69, 9.17) is 9.47 Å². The molecule has 0 aliphatic carbocycles. The average molecular weight is 308 g/mol. The van der Waals surface area contributed by atoms with Gasteiger partial charge in [-0.3, -0.25) is 0 Å². The SMILES string of the molecule is CNCC(O)c1c(Br)c(F)cc(OC)c1OC. The first kappa shape index (κ1) is 14.2. The third kappa shape index (κ3) is 2.88. The molecule has 0 spiro atoms. The topological polar surface area (TPSA) is 50.7 Å². The maximum atomic E-state index is 13.6. The highest BCUT2D eigenvalue weighted by atomic mass is 79.9. The Labute approximate surface area is 108 Å². The molecule has 0 bridgehead atoms. The predicted molar refractivity (Wildman–Crippen MR) is 66.1 cm³/mol. The fourth-order valence-corrected chi connectivity index (χ4v) is 2.12. The number of ether oxygens (including phenoxy) is 2. The number of hydrogen-bond acceptors (Lipinski definition) is 4. The molecule has 96 valence electrons. The van der Waals surface area contributed by atoms with Crippen LogP contribution >= 0.6 is 15.9 Å². The van der Waals surface area contributed by atoms with Gasteiger partial charge in [0, 0.05) is 18.2 Å². The summed E-state index contributed by atoms with van der Waals surface area (Å²) in [7, 11) is 4.55. The zero-order chi connectivity index (χ0) is 13.0. The number of hydrogen-bond donors (Lipinski definition) is 2. The number of methoxy groups -OCH3 is 2. The Bertz CT molecular complexity index is 401. The Morgan fingerprint density at radius 1 is 1.47 bits per heavy atom. The summed E-state index contributed by atoms with van der Waals surface area (Å²) in [5.41, 5.74) is 0.332. The predicted octanol–water partition coefficient (Wildman–Crippen LogP) is 1.86. The Morgan fingerprint density at radius 2 is 2.12 bits per heavy atom. The summed E-state index contributed by atoms with van der Waals surface area (Å²) in [6.07, 6.45) is -0.895. The lowest BCUT2D eigenvalue weighted by Crippen LogP contribution is -2.18. The number of aliphatic hydroxyl groups is 1. The third-order valence-electron chi connectivity index (χ3n) is 2.33.